The van der Waals surface area contributed by atoms with Crippen molar-refractivity contribution < 1.29 is 9.53 Å². The maximum absolute atomic E-state index is 11.5. The maximum Gasteiger partial charge on any atom is 0.407 e. The van der Waals surface area contributed by atoms with Crippen LogP contribution in [-0.4, -0.2) is 61.3 Å². The molecule has 1 atom stereocenters. The van der Waals surface area contributed by atoms with Crippen molar-refractivity contribution in [2.75, 3.05) is 32.7 Å². The van der Waals surface area contributed by atoms with Crippen LogP contribution in [0.4, 0.5) is 4.79 Å². The number of nitrogens with zero attached hydrogens (tertiary/aromatic N) is 2. The summed E-state index contributed by atoms with van der Waals surface area (Å²) in [5, 5.41) is 5.88. The lowest BCUT2D eigenvalue weighted by molar-refractivity contribution is 0.0527. The molecule has 0 aromatic carbocycles. The number of aliphatic imine (C=N–C) groups is 1. The molecule has 1 heterocycles. The molecule has 0 aliphatic carbocycles. The summed E-state index contributed by atoms with van der Waals surface area (Å²) in [7, 11) is 0. The van der Waals surface area contributed by atoms with Crippen LogP contribution in [0.1, 0.15) is 53.4 Å². The molecule has 7 nitrogen and oxygen atoms in total. The summed E-state index contributed by atoms with van der Waals surface area (Å²) in [6.07, 6.45) is 3.88. The normalized spacial score (nSPS) is 18.6. The zero-order valence-corrected chi connectivity index (χ0v) is 18.5. The number of nitrogens with one attached hydrogen (secondary N) is 2. The van der Waals surface area contributed by atoms with E-state index in [1.807, 2.05) is 20.8 Å². The van der Waals surface area contributed by atoms with Gasteiger partial charge in [-0.05, 0) is 59.5 Å². The first-order valence-corrected chi connectivity index (χ1v) is 9.06. The molecule has 0 saturated carbocycles. The van der Waals surface area contributed by atoms with Gasteiger partial charge in [-0.15, -0.1) is 24.0 Å². The van der Waals surface area contributed by atoms with Gasteiger partial charge in [-0.25, -0.2) is 4.79 Å². The van der Waals surface area contributed by atoms with Crippen molar-refractivity contribution in [3.8, 4) is 0 Å². The number of likely N-dealkylation sites (tertiary alicyclic amines) is 1. The standard InChI is InChI=1S/C17H35N5O2.HI/c1-5-22-12-8-9-14(22)13-21-15(18)19-10-6-7-11-20-16(23)24-17(2,3)4;/h14H,5-13H2,1-4H3,(H,20,23)(H3,18,19,21);1H. The second-order valence-corrected chi connectivity index (χ2v) is 7.21. The van der Waals surface area contributed by atoms with Crippen LogP contribution in [0.3, 0.4) is 0 Å². The number of carbonyl (C=O) groups excluding carboxylic acids is 1. The highest BCUT2D eigenvalue weighted by atomic mass is 127. The zero-order chi connectivity index (χ0) is 18.0. The highest BCUT2D eigenvalue weighted by molar-refractivity contribution is 14.0. The summed E-state index contributed by atoms with van der Waals surface area (Å²) in [6, 6.07) is 0.536. The minimum Gasteiger partial charge on any atom is -0.444 e. The molecule has 4 N–H and O–H groups in total. The van der Waals surface area contributed by atoms with E-state index in [1.165, 1.54) is 19.4 Å². The maximum atomic E-state index is 11.5. The Labute approximate surface area is 169 Å². The van der Waals surface area contributed by atoms with Crippen molar-refractivity contribution in [2.24, 2.45) is 10.7 Å². The molecule has 1 unspecified atom stereocenters. The number of ether oxygens (including phenoxy) is 1. The van der Waals surface area contributed by atoms with Gasteiger partial charge < -0.3 is 21.1 Å². The van der Waals surface area contributed by atoms with Crippen LogP contribution in [0.5, 0.6) is 0 Å². The SMILES string of the molecule is CCN1CCCC1CN=C(N)NCCCCNC(=O)OC(C)(C)C.I. The molecule has 1 fully saturated rings. The second-order valence-electron chi connectivity index (χ2n) is 7.21. The Morgan fingerprint density at radius 3 is 2.52 bits per heavy atom. The van der Waals surface area contributed by atoms with Gasteiger partial charge >= 0.3 is 6.09 Å². The second kappa shape index (κ2) is 12.6. The van der Waals surface area contributed by atoms with E-state index in [4.69, 9.17) is 10.5 Å². The fraction of sp³-hybridized carbons (Fsp3) is 0.882. The minimum absolute atomic E-state index is 0. The molecule has 0 aromatic heterocycles. The lowest BCUT2D eigenvalue weighted by Gasteiger charge is -2.21. The van der Waals surface area contributed by atoms with Gasteiger partial charge in [-0.3, -0.25) is 9.89 Å². The Morgan fingerprint density at radius 2 is 1.92 bits per heavy atom. The van der Waals surface area contributed by atoms with Crippen LogP contribution in [0, 0.1) is 0 Å². The van der Waals surface area contributed by atoms with Crippen LogP contribution in [0.25, 0.3) is 0 Å². The number of alkyl carbamates (subject to hydrolysis) is 1. The number of rotatable bonds is 8. The number of unbranched alkanes of at least 4 members (excludes halogenated alkanes) is 1. The van der Waals surface area contributed by atoms with Crippen molar-refractivity contribution in [1.29, 1.82) is 0 Å². The van der Waals surface area contributed by atoms with Crippen molar-refractivity contribution in [3.05, 3.63) is 0 Å². The van der Waals surface area contributed by atoms with E-state index in [1.54, 1.807) is 0 Å². The molecule has 8 heteroatoms. The molecule has 0 bridgehead atoms. The Hall–Kier alpha value is -0.770. The average Bonchev–Trinajstić information content (AvgIpc) is 2.94. The van der Waals surface area contributed by atoms with E-state index in [-0.39, 0.29) is 30.1 Å². The predicted octanol–water partition coefficient (Wildman–Crippen LogP) is 2.30. The Morgan fingerprint density at radius 1 is 1.28 bits per heavy atom. The molecule has 0 spiro atoms. The lowest BCUT2D eigenvalue weighted by Crippen LogP contribution is -2.36. The van der Waals surface area contributed by atoms with Gasteiger partial charge in [-0.1, -0.05) is 6.92 Å². The van der Waals surface area contributed by atoms with Crippen LogP contribution >= 0.6 is 24.0 Å². The van der Waals surface area contributed by atoms with E-state index in [0.717, 1.165) is 32.5 Å². The summed E-state index contributed by atoms with van der Waals surface area (Å²) in [5.74, 6) is 0.512. The molecule has 148 valence electrons. The summed E-state index contributed by atoms with van der Waals surface area (Å²) >= 11 is 0. The Balaban J connectivity index is 0.00000576. The fourth-order valence-corrected chi connectivity index (χ4v) is 2.75. The number of hydrogen-bond donors (Lipinski definition) is 3. The summed E-state index contributed by atoms with van der Waals surface area (Å²) in [4.78, 5) is 18.4. The highest BCUT2D eigenvalue weighted by Crippen LogP contribution is 2.16. The Kier molecular flexibility index (Phi) is 12.2. The number of guanidine groups is 1. The van der Waals surface area contributed by atoms with E-state index in [9.17, 15) is 4.79 Å². The quantitative estimate of drug-likeness (QED) is 0.220. The first-order valence-electron chi connectivity index (χ1n) is 9.06. The van der Waals surface area contributed by atoms with Crippen LogP contribution in [0.2, 0.25) is 0 Å². The third kappa shape index (κ3) is 11.5. The first kappa shape index (κ1) is 24.2. The number of hydrogen-bond acceptors (Lipinski definition) is 4. The minimum atomic E-state index is -0.455. The largest absolute Gasteiger partial charge is 0.444 e. The molecule has 0 radical (unpaired) electrons. The molecular formula is C17H36IN5O2. The predicted molar refractivity (Wildman–Crippen MR) is 114 cm³/mol. The summed E-state index contributed by atoms with van der Waals surface area (Å²) in [5.41, 5.74) is 5.45. The molecular weight excluding hydrogens is 433 g/mol. The number of nitrogens with two attached hydrogens (primary N) is 1. The number of likely N-dealkylation sites (N-methyl/N-ethyl adjacent to an activating group) is 1. The molecule has 1 aliphatic rings. The summed E-state index contributed by atoms with van der Waals surface area (Å²) in [6.45, 7) is 12.1. The van der Waals surface area contributed by atoms with E-state index in [0.29, 0.717) is 18.5 Å². The first-order chi connectivity index (χ1) is 11.3. The van der Waals surface area contributed by atoms with E-state index in [2.05, 4.69) is 27.4 Å². The van der Waals surface area contributed by atoms with Crippen molar-refractivity contribution >= 4 is 36.0 Å². The number of amides is 1. The van der Waals surface area contributed by atoms with Crippen molar-refractivity contribution in [2.45, 2.75) is 65.0 Å². The van der Waals surface area contributed by atoms with Gasteiger partial charge in [0.05, 0.1) is 6.54 Å². The van der Waals surface area contributed by atoms with Gasteiger partial charge in [0.1, 0.15) is 5.60 Å². The smallest absolute Gasteiger partial charge is 0.407 e. The zero-order valence-electron chi connectivity index (χ0n) is 16.1. The van der Waals surface area contributed by atoms with Crippen LogP contribution in [-0.2, 0) is 4.74 Å². The Bertz CT molecular complexity index is 412. The van der Waals surface area contributed by atoms with Gasteiger partial charge in [0.15, 0.2) is 5.96 Å². The van der Waals surface area contributed by atoms with E-state index < -0.39 is 5.60 Å². The molecule has 1 aliphatic heterocycles. The van der Waals surface area contributed by atoms with E-state index >= 15 is 0 Å². The van der Waals surface area contributed by atoms with Gasteiger partial charge in [0.25, 0.3) is 0 Å². The number of halogens is 1. The topological polar surface area (TPSA) is 92.0 Å². The van der Waals surface area contributed by atoms with Gasteiger partial charge in [0, 0.05) is 19.1 Å². The van der Waals surface area contributed by atoms with Gasteiger partial charge in [0.2, 0.25) is 0 Å². The highest BCUT2D eigenvalue weighted by Gasteiger charge is 2.22. The van der Waals surface area contributed by atoms with Crippen molar-refractivity contribution in [3.63, 3.8) is 0 Å². The molecule has 1 rings (SSSR count). The summed E-state index contributed by atoms with van der Waals surface area (Å²) < 4.78 is 5.17. The lowest BCUT2D eigenvalue weighted by atomic mass is 10.2. The fourth-order valence-electron chi connectivity index (χ4n) is 2.75. The third-order valence-electron chi connectivity index (χ3n) is 3.96. The number of carbonyl (C=O) groups is 1. The molecule has 0 aromatic rings. The van der Waals surface area contributed by atoms with Gasteiger partial charge in [-0.2, -0.15) is 0 Å². The monoisotopic (exact) mass is 469 g/mol. The van der Waals surface area contributed by atoms with Crippen LogP contribution in [0.15, 0.2) is 4.99 Å². The molecule has 1 amide bonds. The van der Waals surface area contributed by atoms with Crippen molar-refractivity contribution in [1.82, 2.24) is 15.5 Å². The molecule has 25 heavy (non-hydrogen) atoms. The van der Waals surface area contributed by atoms with Crippen LogP contribution < -0.4 is 16.4 Å². The third-order valence-corrected chi connectivity index (χ3v) is 3.96. The average molecular weight is 469 g/mol. The molecule has 1 saturated heterocycles.